The summed E-state index contributed by atoms with van der Waals surface area (Å²) in [6, 6.07) is 0.820. The number of piperidine rings is 1. The first kappa shape index (κ1) is 9.93. The first-order valence-corrected chi connectivity index (χ1v) is 5.43. The Labute approximate surface area is 91.1 Å². The van der Waals surface area contributed by atoms with E-state index in [2.05, 4.69) is 4.98 Å². The van der Waals surface area contributed by atoms with Gasteiger partial charge in [-0.05, 0) is 25.2 Å². The molecule has 1 aromatic heterocycles. The lowest BCUT2D eigenvalue weighted by Gasteiger charge is -2.28. The van der Waals surface area contributed by atoms with Gasteiger partial charge in [0.2, 0.25) is 0 Å². The van der Waals surface area contributed by atoms with Gasteiger partial charge >= 0.3 is 0 Å². The van der Waals surface area contributed by atoms with E-state index in [-0.39, 0.29) is 11.9 Å². The monoisotopic (exact) mass is 228 g/mol. The molecule has 5 heteroatoms. The van der Waals surface area contributed by atoms with Crippen molar-refractivity contribution in [2.75, 3.05) is 11.4 Å². The number of fused-ring (bicyclic) bond motifs is 2. The number of aromatic nitrogens is 1. The van der Waals surface area contributed by atoms with Crippen molar-refractivity contribution >= 4 is 5.82 Å². The van der Waals surface area contributed by atoms with Crippen molar-refractivity contribution in [2.24, 2.45) is 5.92 Å². The molecule has 2 fully saturated rings. The normalized spacial score (nSPS) is 27.8. The molecule has 2 bridgehead atoms. The minimum absolute atomic E-state index is 0.0360. The Kier molecular flexibility index (Phi) is 2.09. The summed E-state index contributed by atoms with van der Waals surface area (Å²) in [4.78, 5) is 5.15. The Bertz CT molecular complexity index is 435. The number of halogens is 3. The van der Waals surface area contributed by atoms with Gasteiger partial charge in [-0.25, -0.2) is 8.78 Å². The molecule has 2 unspecified atom stereocenters. The molecule has 2 atom stereocenters. The predicted molar refractivity (Wildman–Crippen MR) is 52.6 cm³/mol. The van der Waals surface area contributed by atoms with Crippen LogP contribution in [0.25, 0.3) is 0 Å². The molecule has 1 saturated heterocycles. The molecule has 0 spiro atoms. The number of hydrogen-bond acceptors (Lipinski definition) is 2. The first-order valence-electron chi connectivity index (χ1n) is 5.43. The fourth-order valence-electron chi connectivity index (χ4n) is 2.82. The van der Waals surface area contributed by atoms with Crippen molar-refractivity contribution in [1.29, 1.82) is 0 Å². The molecule has 2 heterocycles. The molecule has 1 saturated carbocycles. The average molecular weight is 228 g/mol. The van der Waals surface area contributed by atoms with Crippen LogP contribution >= 0.6 is 0 Å². The van der Waals surface area contributed by atoms with Gasteiger partial charge < -0.3 is 4.90 Å². The number of rotatable bonds is 1. The van der Waals surface area contributed by atoms with Gasteiger partial charge in [0, 0.05) is 18.7 Å². The lowest BCUT2D eigenvalue weighted by atomic mass is 10.1. The van der Waals surface area contributed by atoms with E-state index >= 15 is 0 Å². The molecule has 0 amide bonds. The van der Waals surface area contributed by atoms with Crippen molar-refractivity contribution in [3.05, 3.63) is 23.6 Å². The van der Waals surface area contributed by atoms with Crippen molar-refractivity contribution in [2.45, 2.75) is 25.3 Å². The fourth-order valence-corrected chi connectivity index (χ4v) is 2.82. The molecule has 16 heavy (non-hydrogen) atoms. The molecule has 1 aliphatic heterocycles. The Hall–Kier alpha value is -1.26. The van der Waals surface area contributed by atoms with Gasteiger partial charge in [-0.2, -0.15) is 9.37 Å². The number of hydrogen-bond donors (Lipinski definition) is 0. The second-order valence-electron chi connectivity index (χ2n) is 4.55. The lowest BCUT2D eigenvalue weighted by Crippen LogP contribution is -2.33. The highest BCUT2D eigenvalue weighted by atomic mass is 19.2. The van der Waals surface area contributed by atoms with Gasteiger partial charge in [-0.15, -0.1) is 0 Å². The fraction of sp³-hybridized carbons (Fsp3) is 0.545. The molecular formula is C11H11F3N2. The Morgan fingerprint density at radius 2 is 2.00 bits per heavy atom. The molecule has 2 nitrogen and oxygen atoms in total. The molecule has 0 radical (unpaired) electrons. The van der Waals surface area contributed by atoms with Gasteiger partial charge in [0.1, 0.15) is 0 Å². The maximum Gasteiger partial charge on any atom is 0.251 e. The number of nitrogens with zero attached hydrogens (tertiary/aromatic N) is 2. The van der Waals surface area contributed by atoms with Crippen LogP contribution in [-0.2, 0) is 0 Å². The van der Waals surface area contributed by atoms with E-state index in [0.29, 0.717) is 18.5 Å². The second kappa shape index (κ2) is 3.37. The van der Waals surface area contributed by atoms with E-state index < -0.39 is 17.6 Å². The predicted octanol–water partition coefficient (Wildman–Crippen LogP) is 2.49. The van der Waals surface area contributed by atoms with E-state index in [4.69, 9.17) is 0 Å². The van der Waals surface area contributed by atoms with E-state index in [9.17, 15) is 13.2 Å². The van der Waals surface area contributed by atoms with Crippen LogP contribution in [0.1, 0.15) is 19.3 Å². The zero-order valence-corrected chi connectivity index (χ0v) is 8.59. The van der Waals surface area contributed by atoms with Crippen LogP contribution in [0.3, 0.4) is 0 Å². The van der Waals surface area contributed by atoms with Crippen LogP contribution < -0.4 is 4.90 Å². The SMILES string of the molecule is Fc1cc(F)c(N2CC3CCC2C3)nc1F. The highest BCUT2D eigenvalue weighted by Gasteiger charge is 2.39. The molecule has 1 aliphatic carbocycles. The summed E-state index contributed by atoms with van der Waals surface area (Å²) in [6.07, 6.45) is 3.15. The van der Waals surface area contributed by atoms with E-state index in [1.54, 1.807) is 4.90 Å². The maximum atomic E-state index is 13.5. The minimum atomic E-state index is -1.23. The number of pyridine rings is 1. The summed E-state index contributed by atoms with van der Waals surface area (Å²) in [7, 11) is 0. The summed E-state index contributed by atoms with van der Waals surface area (Å²) < 4.78 is 39.2. The van der Waals surface area contributed by atoms with E-state index in [0.717, 1.165) is 19.3 Å². The molecule has 1 aromatic rings. The lowest BCUT2D eigenvalue weighted by molar-refractivity contribution is 0.457. The molecule has 2 aliphatic rings. The standard InChI is InChI=1S/C11H11F3N2/c12-8-4-9(13)11(15-10(8)14)16-5-6-1-2-7(16)3-6/h4,6-7H,1-3,5H2. The molecule has 0 aromatic carbocycles. The summed E-state index contributed by atoms with van der Waals surface area (Å²) in [5.41, 5.74) is 0. The third kappa shape index (κ3) is 1.37. The number of anilines is 1. The quantitative estimate of drug-likeness (QED) is 0.686. The Morgan fingerprint density at radius 3 is 2.62 bits per heavy atom. The molecule has 3 rings (SSSR count). The largest absolute Gasteiger partial charge is 0.351 e. The summed E-state index contributed by atoms with van der Waals surface area (Å²) in [6.45, 7) is 0.708. The van der Waals surface area contributed by atoms with Crippen LogP contribution in [0.2, 0.25) is 0 Å². The van der Waals surface area contributed by atoms with Gasteiger partial charge in [0.05, 0.1) is 0 Å². The summed E-state index contributed by atoms with van der Waals surface area (Å²) in [5.74, 6) is -2.71. The van der Waals surface area contributed by atoms with Crippen molar-refractivity contribution in [3.63, 3.8) is 0 Å². The topological polar surface area (TPSA) is 16.1 Å². The first-order chi connectivity index (χ1) is 7.65. The zero-order chi connectivity index (χ0) is 11.3. The van der Waals surface area contributed by atoms with Gasteiger partial charge in [0.15, 0.2) is 17.5 Å². The second-order valence-corrected chi connectivity index (χ2v) is 4.55. The summed E-state index contributed by atoms with van der Waals surface area (Å²) in [5, 5.41) is 0. The summed E-state index contributed by atoms with van der Waals surface area (Å²) >= 11 is 0. The molecular weight excluding hydrogens is 217 g/mol. The smallest absolute Gasteiger partial charge is 0.251 e. The van der Waals surface area contributed by atoms with Crippen molar-refractivity contribution in [1.82, 2.24) is 4.98 Å². The van der Waals surface area contributed by atoms with E-state index in [1.807, 2.05) is 0 Å². The molecule has 0 N–H and O–H groups in total. The third-order valence-corrected chi connectivity index (χ3v) is 3.55. The highest BCUT2D eigenvalue weighted by Crippen LogP contribution is 2.40. The van der Waals surface area contributed by atoms with E-state index in [1.165, 1.54) is 0 Å². The van der Waals surface area contributed by atoms with Crippen LogP contribution in [-0.4, -0.2) is 17.6 Å². The van der Waals surface area contributed by atoms with Crippen molar-refractivity contribution < 1.29 is 13.2 Å². The van der Waals surface area contributed by atoms with Crippen molar-refractivity contribution in [3.8, 4) is 0 Å². The maximum absolute atomic E-state index is 13.5. The van der Waals surface area contributed by atoms with Gasteiger partial charge in [-0.1, -0.05) is 0 Å². The average Bonchev–Trinajstić information content (AvgIpc) is 2.84. The molecule has 86 valence electrons. The van der Waals surface area contributed by atoms with Crippen LogP contribution in [0.5, 0.6) is 0 Å². The Morgan fingerprint density at radius 1 is 1.19 bits per heavy atom. The van der Waals surface area contributed by atoms with Crippen LogP contribution in [0.15, 0.2) is 6.07 Å². The third-order valence-electron chi connectivity index (χ3n) is 3.55. The highest BCUT2D eigenvalue weighted by molar-refractivity contribution is 5.43. The zero-order valence-electron chi connectivity index (χ0n) is 8.59. The van der Waals surface area contributed by atoms with Gasteiger partial charge in [0.25, 0.3) is 5.95 Å². The minimum Gasteiger partial charge on any atom is -0.351 e. The Balaban J connectivity index is 1.98. The van der Waals surface area contributed by atoms with Crippen LogP contribution in [0.4, 0.5) is 19.0 Å². The van der Waals surface area contributed by atoms with Gasteiger partial charge in [-0.3, -0.25) is 0 Å². The van der Waals surface area contributed by atoms with Crippen LogP contribution in [0, 0.1) is 23.5 Å².